The lowest BCUT2D eigenvalue weighted by atomic mass is 10.1. The fourth-order valence-electron chi connectivity index (χ4n) is 2.83. The third-order valence-corrected chi connectivity index (χ3v) is 3.91. The normalized spacial score (nSPS) is 22.2. The average Bonchev–Trinajstić information content (AvgIpc) is 2.88. The highest BCUT2D eigenvalue weighted by molar-refractivity contribution is 5.88. The molecule has 6 heteroatoms. The first-order chi connectivity index (χ1) is 9.69. The highest BCUT2D eigenvalue weighted by Gasteiger charge is 2.27. The van der Waals surface area contributed by atoms with Crippen molar-refractivity contribution in [3.8, 4) is 0 Å². The van der Waals surface area contributed by atoms with Crippen LogP contribution in [0.2, 0.25) is 0 Å². The van der Waals surface area contributed by atoms with E-state index in [2.05, 4.69) is 15.3 Å². The predicted octanol–water partition coefficient (Wildman–Crippen LogP) is 1.48. The molecule has 3 rings (SSSR count). The van der Waals surface area contributed by atoms with E-state index in [0.717, 1.165) is 24.9 Å². The Kier molecular flexibility index (Phi) is 3.31. The van der Waals surface area contributed by atoms with Crippen molar-refractivity contribution in [1.82, 2.24) is 9.97 Å². The summed E-state index contributed by atoms with van der Waals surface area (Å²) in [4.78, 5) is 18.4. The average molecular weight is 274 g/mol. The lowest BCUT2D eigenvalue weighted by molar-refractivity contribution is 0.101. The second-order valence-electron chi connectivity index (χ2n) is 5.14. The minimum Gasteiger partial charge on any atom is -0.397 e. The van der Waals surface area contributed by atoms with Crippen LogP contribution in [0.25, 0.3) is 10.9 Å². The van der Waals surface area contributed by atoms with Gasteiger partial charge in [-0.3, -0.25) is 4.79 Å². The summed E-state index contributed by atoms with van der Waals surface area (Å²) in [5.41, 5.74) is 7.86. The Morgan fingerprint density at radius 2 is 2.30 bits per heavy atom. The molecule has 1 aliphatic rings. The van der Waals surface area contributed by atoms with Gasteiger partial charge in [-0.05, 0) is 31.4 Å². The molecule has 6 nitrogen and oxygen atoms in total. The summed E-state index contributed by atoms with van der Waals surface area (Å²) in [5.74, 6) is 0. The first-order valence-electron chi connectivity index (χ1n) is 6.75. The number of aromatic amines is 1. The molecule has 2 unspecified atom stereocenters. The summed E-state index contributed by atoms with van der Waals surface area (Å²) in [6.45, 7) is 0. The number of rotatable bonds is 3. The lowest BCUT2D eigenvalue weighted by Crippen LogP contribution is -2.30. The summed E-state index contributed by atoms with van der Waals surface area (Å²) in [5, 5.41) is 3.92. The fraction of sp³-hybridized carbons (Fsp3) is 0.429. The summed E-state index contributed by atoms with van der Waals surface area (Å²) in [6, 6.07) is 3.74. The van der Waals surface area contributed by atoms with E-state index >= 15 is 0 Å². The van der Waals surface area contributed by atoms with Crippen LogP contribution >= 0.6 is 0 Å². The van der Waals surface area contributed by atoms with Crippen LogP contribution in [-0.4, -0.2) is 29.2 Å². The van der Waals surface area contributed by atoms with E-state index in [4.69, 9.17) is 10.5 Å². The number of hydrogen-bond donors (Lipinski definition) is 3. The number of nitrogen functional groups attached to an aromatic ring is 1. The standard InChI is InChI=1S/C14H18N4O2/c1-20-13-4-2-3-10(13)18-12-6-11-8(5-9(12)15)14(19)17-7-16-11/h5-7,10,13,18H,2-4,15H2,1H3,(H,16,17,19). The van der Waals surface area contributed by atoms with Gasteiger partial charge in [0.25, 0.3) is 5.56 Å². The second kappa shape index (κ2) is 5.13. The van der Waals surface area contributed by atoms with Gasteiger partial charge in [0.2, 0.25) is 0 Å². The van der Waals surface area contributed by atoms with Crippen molar-refractivity contribution in [2.75, 3.05) is 18.2 Å². The van der Waals surface area contributed by atoms with Crippen LogP contribution in [0, 0.1) is 0 Å². The monoisotopic (exact) mass is 274 g/mol. The molecule has 1 aliphatic carbocycles. The molecule has 1 aromatic carbocycles. The van der Waals surface area contributed by atoms with Crippen molar-refractivity contribution < 1.29 is 4.74 Å². The number of nitrogens with one attached hydrogen (secondary N) is 2. The SMILES string of the molecule is COC1CCCC1Nc1cc2nc[nH]c(=O)c2cc1N. The molecular formula is C14H18N4O2. The van der Waals surface area contributed by atoms with Crippen molar-refractivity contribution in [3.05, 3.63) is 28.8 Å². The van der Waals surface area contributed by atoms with E-state index in [1.165, 1.54) is 6.33 Å². The van der Waals surface area contributed by atoms with Crippen LogP contribution in [0.5, 0.6) is 0 Å². The number of fused-ring (bicyclic) bond motifs is 1. The molecule has 1 saturated carbocycles. The minimum atomic E-state index is -0.177. The van der Waals surface area contributed by atoms with Gasteiger partial charge in [0.1, 0.15) is 0 Å². The summed E-state index contributed by atoms with van der Waals surface area (Å²) >= 11 is 0. The number of hydrogen-bond acceptors (Lipinski definition) is 5. The van der Waals surface area contributed by atoms with Gasteiger partial charge in [-0.1, -0.05) is 0 Å². The van der Waals surface area contributed by atoms with E-state index in [1.807, 2.05) is 6.07 Å². The van der Waals surface area contributed by atoms with Crippen molar-refractivity contribution in [3.63, 3.8) is 0 Å². The topological polar surface area (TPSA) is 93.0 Å². The van der Waals surface area contributed by atoms with Crippen LogP contribution in [0.3, 0.4) is 0 Å². The molecule has 0 amide bonds. The maximum absolute atomic E-state index is 11.7. The van der Waals surface area contributed by atoms with Gasteiger partial charge in [0.15, 0.2) is 0 Å². The Balaban J connectivity index is 1.96. The third-order valence-electron chi connectivity index (χ3n) is 3.91. The van der Waals surface area contributed by atoms with E-state index in [9.17, 15) is 4.79 Å². The molecular weight excluding hydrogens is 256 g/mol. The number of ether oxygens (including phenoxy) is 1. The molecule has 4 N–H and O–H groups in total. The summed E-state index contributed by atoms with van der Waals surface area (Å²) in [7, 11) is 1.73. The van der Waals surface area contributed by atoms with E-state index in [-0.39, 0.29) is 17.7 Å². The largest absolute Gasteiger partial charge is 0.397 e. The third kappa shape index (κ3) is 2.22. The Bertz CT molecular complexity index is 682. The van der Waals surface area contributed by atoms with Gasteiger partial charge in [-0.25, -0.2) is 4.98 Å². The number of anilines is 2. The zero-order valence-corrected chi connectivity index (χ0v) is 11.3. The predicted molar refractivity (Wildman–Crippen MR) is 78.8 cm³/mol. The van der Waals surface area contributed by atoms with Gasteiger partial charge in [-0.15, -0.1) is 0 Å². The molecule has 0 radical (unpaired) electrons. The van der Waals surface area contributed by atoms with Crippen LogP contribution in [0.4, 0.5) is 11.4 Å². The Hall–Kier alpha value is -2.08. The van der Waals surface area contributed by atoms with Gasteiger partial charge in [-0.2, -0.15) is 0 Å². The minimum absolute atomic E-state index is 0.177. The molecule has 20 heavy (non-hydrogen) atoms. The molecule has 1 heterocycles. The van der Waals surface area contributed by atoms with Gasteiger partial charge in [0.05, 0.1) is 40.8 Å². The molecule has 2 atom stereocenters. The molecule has 0 bridgehead atoms. The maximum atomic E-state index is 11.7. The van der Waals surface area contributed by atoms with Gasteiger partial charge in [0, 0.05) is 7.11 Å². The highest BCUT2D eigenvalue weighted by atomic mass is 16.5. The molecule has 106 valence electrons. The number of H-pyrrole nitrogens is 1. The van der Waals surface area contributed by atoms with Crippen molar-refractivity contribution in [1.29, 1.82) is 0 Å². The zero-order chi connectivity index (χ0) is 14.1. The van der Waals surface area contributed by atoms with Crippen molar-refractivity contribution >= 4 is 22.3 Å². The van der Waals surface area contributed by atoms with Crippen molar-refractivity contribution in [2.45, 2.75) is 31.4 Å². The molecule has 0 aliphatic heterocycles. The van der Waals surface area contributed by atoms with Crippen LogP contribution in [0.1, 0.15) is 19.3 Å². The Morgan fingerprint density at radius 3 is 3.10 bits per heavy atom. The summed E-state index contributed by atoms with van der Waals surface area (Å²) in [6.07, 6.45) is 4.86. The van der Waals surface area contributed by atoms with Gasteiger partial charge >= 0.3 is 0 Å². The lowest BCUT2D eigenvalue weighted by Gasteiger charge is -2.21. The molecule has 1 aromatic heterocycles. The quantitative estimate of drug-likeness (QED) is 0.737. The fourth-order valence-corrected chi connectivity index (χ4v) is 2.83. The maximum Gasteiger partial charge on any atom is 0.258 e. The van der Waals surface area contributed by atoms with Crippen molar-refractivity contribution in [2.24, 2.45) is 0 Å². The zero-order valence-electron chi connectivity index (χ0n) is 11.3. The number of methoxy groups -OCH3 is 1. The first-order valence-corrected chi connectivity index (χ1v) is 6.75. The molecule has 2 aromatic rings. The number of nitrogens with zero attached hydrogens (tertiary/aromatic N) is 1. The van der Waals surface area contributed by atoms with E-state index in [0.29, 0.717) is 16.6 Å². The molecule has 1 fully saturated rings. The van der Waals surface area contributed by atoms with Crippen LogP contribution < -0.4 is 16.6 Å². The molecule has 0 spiro atoms. The number of nitrogens with two attached hydrogens (primary N) is 1. The number of benzene rings is 1. The first kappa shape index (κ1) is 12.9. The Morgan fingerprint density at radius 1 is 1.45 bits per heavy atom. The molecule has 0 saturated heterocycles. The second-order valence-corrected chi connectivity index (χ2v) is 5.14. The Labute approximate surface area is 116 Å². The van der Waals surface area contributed by atoms with E-state index < -0.39 is 0 Å². The highest BCUT2D eigenvalue weighted by Crippen LogP contribution is 2.29. The van der Waals surface area contributed by atoms with Gasteiger partial charge < -0.3 is 20.8 Å². The van der Waals surface area contributed by atoms with Crippen LogP contribution in [0.15, 0.2) is 23.3 Å². The summed E-state index contributed by atoms with van der Waals surface area (Å²) < 4.78 is 5.47. The van der Waals surface area contributed by atoms with Crippen LogP contribution in [-0.2, 0) is 4.74 Å². The smallest absolute Gasteiger partial charge is 0.258 e. The number of aromatic nitrogens is 2. The van der Waals surface area contributed by atoms with E-state index in [1.54, 1.807) is 13.2 Å².